The summed E-state index contributed by atoms with van der Waals surface area (Å²) in [5.41, 5.74) is 0. The zero-order chi connectivity index (χ0) is 51.3. The van der Waals surface area contributed by atoms with Crippen molar-refractivity contribution < 1.29 is 38.2 Å². The van der Waals surface area contributed by atoms with Gasteiger partial charge in [-0.2, -0.15) is 0 Å². The van der Waals surface area contributed by atoms with Crippen molar-refractivity contribution in [1.82, 2.24) is 0 Å². The van der Waals surface area contributed by atoms with E-state index >= 15 is 0 Å². The first-order chi connectivity index (χ1) is 34.1. The van der Waals surface area contributed by atoms with E-state index in [4.69, 9.17) is 14.2 Å². The van der Waals surface area contributed by atoms with E-state index in [0.29, 0.717) is 12.8 Å². The third-order valence-electron chi connectivity index (χ3n) is 12.9. The first-order valence-corrected chi connectivity index (χ1v) is 29.0. The summed E-state index contributed by atoms with van der Waals surface area (Å²) in [7, 11) is 5.42. The van der Waals surface area contributed by atoms with E-state index in [9.17, 15) is 19.5 Å². The number of unbranched alkanes of at least 4 members (excludes halogenated alkanes) is 26. The number of rotatable bonds is 52. The largest absolute Gasteiger partial charge is 0.544 e. The molecule has 2 atom stereocenters. The van der Waals surface area contributed by atoms with Gasteiger partial charge in [0.15, 0.2) is 6.10 Å². The molecule has 8 heteroatoms. The molecule has 0 rings (SSSR count). The molecular weight excluding hydrogens is 871 g/mol. The van der Waals surface area contributed by atoms with Crippen molar-refractivity contribution in [3.63, 3.8) is 0 Å². The Balaban J connectivity index is 4.21. The third kappa shape index (κ3) is 49.7. The fourth-order valence-corrected chi connectivity index (χ4v) is 8.43. The van der Waals surface area contributed by atoms with Crippen LogP contribution in [0.3, 0.4) is 0 Å². The van der Waals surface area contributed by atoms with E-state index in [0.717, 1.165) is 89.9 Å². The number of aliphatic carboxylic acids is 1. The average molecular weight is 981 g/mol. The van der Waals surface area contributed by atoms with Crippen molar-refractivity contribution in [2.45, 2.75) is 264 Å². The van der Waals surface area contributed by atoms with Crippen molar-refractivity contribution in [3.05, 3.63) is 72.9 Å². The summed E-state index contributed by atoms with van der Waals surface area (Å²) in [6, 6.07) is -0.733. The second-order valence-corrected chi connectivity index (χ2v) is 20.5. The molecule has 0 aliphatic heterocycles. The van der Waals surface area contributed by atoms with E-state index < -0.39 is 18.1 Å². The Labute approximate surface area is 431 Å². The molecular formula is C62H109NO7. The second kappa shape index (κ2) is 52.1. The topological polar surface area (TPSA) is 102 Å². The Kier molecular flexibility index (Phi) is 49.7. The van der Waals surface area contributed by atoms with Crippen LogP contribution in [0.5, 0.6) is 0 Å². The molecule has 0 heterocycles. The third-order valence-corrected chi connectivity index (χ3v) is 12.9. The van der Waals surface area contributed by atoms with Crippen molar-refractivity contribution in [2.75, 3.05) is 41.0 Å². The van der Waals surface area contributed by atoms with Crippen LogP contribution in [0.15, 0.2) is 72.9 Å². The van der Waals surface area contributed by atoms with E-state index in [1.54, 1.807) is 21.1 Å². The maximum atomic E-state index is 12.8. The predicted molar refractivity (Wildman–Crippen MR) is 296 cm³/mol. The molecule has 0 amide bonds. The summed E-state index contributed by atoms with van der Waals surface area (Å²) in [5, 5.41) is 11.7. The fourth-order valence-electron chi connectivity index (χ4n) is 8.43. The first kappa shape index (κ1) is 66.8. The van der Waals surface area contributed by atoms with Gasteiger partial charge in [-0.25, -0.2) is 0 Å². The smallest absolute Gasteiger partial charge is 0.306 e. The molecule has 0 bridgehead atoms. The SMILES string of the molecule is CC/C=C/C/C=C/C/C=C/C/C=C/C/C=C/C/C=C/CCCCCCC(=O)OCC(COCCC(C(=O)[O-])[N+](C)(C)C)OC(=O)CCCCCCCCCCCCCCCCCCCCCCCCC. The first-order valence-electron chi connectivity index (χ1n) is 29.0. The predicted octanol–water partition coefficient (Wildman–Crippen LogP) is 16.1. The van der Waals surface area contributed by atoms with Gasteiger partial charge < -0.3 is 28.6 Å². The van der Waals surface area contributed by atoms with E-state index in [1.165, 1.54) is 128 Å². The number of carbonyl (C=O) groups is 3. The fraction of sp³-hybridized carbons (Fsp3) is 0.758. The summed E-state index contributed by atoms with van der Waals surface area (Å²) in [5.74, 6) is -1.76. The van der Waals surface area contributed by atoms with E-state index in [1.807, 2.05) is 0 Å². The van der Waals surface area contributed by atoms with Gasteiger partial charge in [0.05, 0.1) is 40.3 Å². The monoisotopic (exact) mass is 980 g/mol. The van der Waals surface area contributed by atoms with Crippen LogP contribution in [0.2, 0.25) is 0 Å². The van der Waals surface area contributed by atoms with Crippen LogP contribution in [0.4, 0.5) is 0 Å². The quantitative estimate of drug-likeness (QED) is 0.0259. The molecule has 0 saturated heterocycles. The van der Waals surface area contributed by atoms with Gasteiger partial charge in [-0.05, 0) is 64.2 Å². The Morgan fingerprint density at radius 2 is 0.800 bits per heavy atom. The number of nitrogens with zero attached hydrogens (tertiary/aromatic N) is 1. The minimum absolute atomic E-state index is 0.0317. The number of carbonyl (C=O) groups excluding carboxylic acids is 3. The number of ether oxygens (including phenoxy) is 3. The lowest BCUT2D eigenvalue weighted by atomic mass is 10.0. The molecule has 0 aliphatic rings. The van der Waals surface area contributed by atoms with Crippen LogP contribution in [0, 0.1) is 0 Å². The lowest BCUT2D eigenvalue weighted by Gasteiger charge is -2.34. The van der Waals surface area contributed by atoms with Crippen LogP contribution in [0.1, 0.15) is 251 Å². The molecule has 0 aromatic rings. The summed E-state index contributed by atoms with van der Waals surface area (Å²) in [6.45, 7) is 4.56. The van der Waals surface area contributed by atoms with Gasteiger partial charge in [0.1, 0.15) is 12.6 Å². The van der Waals surface area contributed by atoms with Gasteiger partial charge in [0.25, 0.3) is 0 Å². The maximum Gasteiger partial charge on any atom is 0.306 e. The molecule has 0 aromatic heterocycles. The zero-order valence-electron chi connectivity index (χ0n) is 46.2. The van der Waals surface area contributed by atoms with Crippen molar-refractivity contribution in [2.24, 2.45) is 0 Å². The molecule has 0 aliphatic carbocycles. The van der Waals surface area contributed by atoms with Crippen LogP contribution in [0.25, 0.3) is 0 Å². The highest BCUT2D eigenvalue weighted by molar-refractivity contribution is 5.70. The lowest BCUT2D eigenvalue weighted by molar-refractivity contribution is -0.889. The number of carboxylic acids is 1. The highest BCUT2D eigenvalue weighted by Gasteiger charge is 2.25. The van der Waals surface area contributed by atoms with Crippen molar-refractivity contribution in [1.29, 1.82) is 0 Å². The number of likely N-dealkylation sites (N-methyl/N-ethyl adjacent to an activating group) is 1. The zero-order valence-corrected chi connectivity index (χ0v) is 46.2. The number of hydrogen-bond donors (Lipinski definition) is 0. The maximum absolute atomic E-state index is 12.8. The number of carboxylic acid groups (broad SMARTS) is 1. The van der Waals surface area contributed by atoms with Crippen LogP contribution in [-0.2, 0) is 28.6 Å². The minimum atomic E-state index is -1.13. The van der Waals surface area contributed by atoms with Gasteiger partial charge in [-0.15, -0.1) is 0 Å². The van der Waals surface area contributed by atoms with Gasteiger partial charge in [-0.3, -0.25) is 9.59 Å². The molecule has 0 radical (unpaired) electrons. The van der Waals surface area contributed by atoms with Crippen molar-refractivity contribution in [3.8, 4) is 0 Å². The molecule has 2 unspecified atom stereocenters. The molecule has 0 saturated carbocycles. The Morgan fingerprint density at radius 3 is 1.19 bits per heavy atom. The molecule has 0 aromatic carbocycles. The molecule has 404 valence electrons. The summed E-state index contributed by atoms with van der Waals surface area (Å²) >= 11 is 0. The Morgan fingerprint density at radius 1 is 0.443 bits per heavy atom. The molecule has 70 heavy (non-hydrogen) atoms. The van der Waals surface area contributed by atoms with Gasteiger partial charge in [0, 0.05) is 19.3 Å². The standard InChI is InChI=1S/C62H109NO7/c1-6-8-10-12-14-16-18-20-22-24-26-28-30-32-34-36-38-40-42-44-46-48-50-52-60(64)69-57-58(56-68-55-54-59(62(66)67)63(3,4)5)70-61(65)53-51-49-47-45-43-41-39-37-35-33-31-29-27-25-23-21-19-17-15-13-11-9-7-2/h8,10,14,16,20,22,26,28,32,34,38,40,58-59H,6-7,9,11-13,15,17-19,21,23-25,27,29-31,33,35-37,39,41-57H2,1-5H3/b10-8+,16-14+,22-20+,28-26+,34-32+,40-38+. The van der Waals surface area contributed by atoms with Crippen LogP contribution < -0.4 is 5.11 Å². The van der Waals surface area contributed by atoms with Gasteiger partial charge in [-0.1, -0.05) is 241 Å². The lowest BCUT2D eigenvalue weighted by Crippen LogP contribution is -2.55. The molecule has 0 N–H and O–H groups in total. The van der Waals surface area contributed by atoms with E-state index in [2.05, 4.69) is 86.8 Å². The normalized spacial score (nSPS) is 13.3. The average Bonchev–Trinajstić information content (AvgIpc) is 3.33. The molecule has 8 nitrogen and oxygen atoms in total. The summed E-state index contributed by atoms with van der Waals surface area (Å²) in [6.07, 6.45) is 68.0. The summed E-state index contributed by atoms with van der Waals surface area (Å²) in [4.78, 5) is 37.2. The number of allylic oxidation sites excluding steroid dienone is 12. The number of quaternary nitrogens is 1. The van der Waals surface area contributed by atoms with Crippen LogP contribution >= 0.6 is 0 Å². The second-order valence-electron chi connectivity index (χ2n) is 20.5. The van der Waals surface area contributed by atoms with E-state index in [-0.39, 0.29) is 42.7 Å². The highest BCUT2D eigenvalue weighted by atomic mass is 16.6. The summed E-state index contributed by atoms with van der Waals surface area (Å²) < 4.78 is 17.3. The number of esters is 2. The van der Waals surface area contributed by atoms with Gasteiger partial charge >= 0.3 is 11.9 Å². The molecule has 0 spiro atoms. The minimum Gasteiger partial charge on any atom is -0.544 e. The Hall–Kier alpha value is -3.23. The number of hydrogen-bond acceptors (Lipinski definition) is 7. The molecule has 0 fully saturated rings. The van der Waals surface area contributed by atoms with Gasteiger partial charge in [0.2, 0.25) is 0 Å². The van der Waals surface area contributed by atoms with Crippen molar-refractivity contribution >= 4 is 17.9 Å². The van der Waals surface area contributed by atoms with Crippen LogP contribution in [-0.4, -0.2) is 75.5 Å². The Bertz CT molecular complexity index is 1370. The highest BCUT2D eigenvalue weighted by Crippen LogP contribution is 2.17.